The van der Waals surface area contributed by atoms with Crippen LogP contribution in [0.2, 0.25) is 0 Å². The third-order valence-electron chi connectivity index (χ3n) is 12.5. The number of allylic oxidation sites excluding steroid dienone is 4. The van der Waals surface area contributed by atoms with Crippen molar-refractivity contribution in [3.63, 3.8) is 0 Å². The standard InChI is InChI=1S/C55H105NO5/c1-4-7-10-13-16-19-22-24-25-26-27-28-29-31-33-36-39-42-45-48-55(60)61-51(46-43-40-37-34-32-30-23-20-17-14-11-8-5-2)49-54(59)56-52(50-57)53(58)47-44-41-38-35-21-18-15-12-9-6-3/h16,19,24-25,51-53,57-58H,4-15,17-18,20-23,26-50H2,1-3H3,(H,56,59)/b19-16-,25-24-. The van der Waals surface area contributed by atoms with Crippen molar-refractivity contribution in [3.05, 3.63) is 24.3 Å². The van der Waals surface area contributed by atoms with Crippen LogP contribution in [0.3, 0.4) is 0 Å². The van der Waals surface area contributed by atoms with Gasteiger partial charge in [0.05, 0.1) is 25.2 Å². The molecule has 3 unspecified atom stereocenters. The Hall–Kier alpha value is -1.66. The molecule has 61 heavy (non-hydrogen) atoms. The first-order chi connectivity index (χ1) is 30.0. The van der Waals surface area contributed by atoms with E-state index in [4.69, 9.17) is 4.74 Å². The number of rotatable bonds is 49. The number of nitrogens with one attached hydrogen (secondary N) is 1. The molecule has 6 nitrogen and oxygen atoms in total. The summed E-state index contributed by atoms with van der Waals surface area (Å²) in [7, 11) is 0. The first-order valence-corrected chi connectivity index (χ1v) is 27.1. The molecule has 6 heteroatoms. The van der Waals surface area contributed by atoms with Gasteiger partial charge in [0.15, 0.2) is 0 Å². The van der Waals surface area contributed by atoms with E-state index in [0.717, 1.165) is 51.4 Å². The fourth-order valence-electron chi connectivity index (χ4n) is 8.40. The number of esters is 1. The fourth-order valence-corrected chi connectivity index (χ4v) is 8.40. The summed E-state index contributed by atoms with van der Waals surface area (Å²) in [5, 5.41) is 23.7. The molecule has 0 radical (unpaired) electrons. The van der Waals surface area contributed by atoms with Crippen LogP contribution < -0.4 is 5.32 Å². The van der Waals surface area contributed by atoms with E-state index in [0.29, 0.717) is 19.3 Å². The molecule has 0 saturated heterocycles. The van der Waals surface area contributed by atoms with E-state index < -0.39 is 18.2 Å². The maximum absolute atomic E-state index is 13.2. The third kappa shape index (κ3) is 44.7. The van der Waals surface area contributed by atoms with E-state index in [-0.39, 0.29) is 24.9 Å². The Morgan fingerprint density at radius 2 is 0.836 bits per heavy atom. The van der Waals surface area contributed by atoms with Crippen molar-refractivity contribution in [1.29, 1.82) is 0 Å². The normalized spacial score (nSPS) is 13.3. The smallest absolute Gasteiger partial charge is 0.306 e. The summed E-state index contributed by atoms with van der Waals surface area (Å²) in [5.41, 5.74) is 0. The van der Waals surface area contributed by atoms with Gasteiger partial charge in [-0.1, -0.05) is 244 Å². The summed E-state index contributed by atoms with van der Waals surface area (Å²) >= 11 is 0. The monoisotopic (exact) mass is 860 g/mol. The van der Waals surface area contributed by atoms with Crippen LogP contribution in [0.25, 0.3) is 0 Å². The summed E-state index contributed by atoms with van der Waals surface area (Å²) in [6.07, 6.45) is 56.7. The largest absolute Gasteiger partial charge is 0.462 e. The lowest BCUT2D eigenvalue weighted by Crippen LogP contribution is -2.46. The van der Waals surface area contributed by atoms with Gasteiger partial charge >= 0.3 is 5.97 Å². The van der Waals surface area contributed by atoms with Crippen molar-refractivity contribution >= 4 is 11.9 Å². The molecule has 0 aliphatic carbocycles. The van der Waals surface area contributed by atoms with Gasteiger partial charge in [-0.2, -0.15) is 0 Å². The molecule has 0 heterocycles. The number of hydrogen-bond acceptors (Lipinski definition) is 5. The highest BCUT2D eigenvalue weighted by Crippen LogP contribution is 2.18. The van der Waals surface area contributed by atoms with Crippen LogP contribution in [0.15, 0.2) is 24.3 Å². The van der Waals surface area contributed by atoms with Crippen molar-refractivity contribution in [2.75, 3.05) is 6.61 Å². The number of aliphatic hydroxyl groups is 2. The minimum Gasteiger partial charge on any atom is -0.462 e. The summed E-state index contributed by atoms with van der Waals surface area (Å²) in [6.45, 7) is 6.47. The molecule has 0 aromatic heterocycles. The quantitative estimate of drug-likeness (QED) is 0.0322. The molecular formula is C55H105NO5. The Balaban J connectivity index is 4.48. The highest BCUT2D eigenvalue weighted by Gasteiger charge is 2.24. The van der Waals surface area contributed by atoms with Gasteiger partial charge in [-0.05, 0) is 57.8 Å². The zero-order valence-corrected chi connectivity index (χ0v) is 41.1. The molecule has 1 amide bonds. The van der Waals surface area contributed by atoms with Crippen LogP contribution in [0.4, 0.5) is 0 Å². The van der Waals surface area contributed by atoms with E-state index in [1.165, 1.54) is 193 Å². The Morgan fingerprint density at radius 3 is 1.28 bits per heavy atom. The number of hydrogen-bond donors (Lipinski definition) is 3. The summed E-state index contributed by atoms with van der Waals surface area (Å²) in [4.78, 5) is 26.2. The predicted molar refractivity (Wildman–Crippen MR) is 264 cm³/mol. The lowest BCUT2D eigenvalue weighted by Gasteiger charge is -2.24. The molecule has 0 aromatic carbocycles. The molecule has 0 aromatic rings. The number of aliphatic hydroxyl groups excluding tert-OH is 2. The maximum Gasteiger partial charge on any atom is 0.306 e. The second-order valence-electron chi connectivity index (χ2n) is 18.6. The molecule has 360 valence electrons. The first kappa shape index (κ1) is 59.3. The predicted octanol–water partition coefficient (Wildman–Crippen LogP) is 16.3. The van der Waals surface area contributed by atoms with Crippen molar-refractivity contribution in [2.45, 2.75) is 309 Å². The Labute approximate surface area is 380 Å². The van der Waals surface area contributed by atoms with E-state index in [1.54, 1.807) is 0 Å². The maximum atomic E-state index is 13.2. The van der Waals surface area contributed by atoms with Crippen LogP contribution in [0, 0.1) is 0 Å². The van der Waals surface area contributed by atoms with Gasteiger partial charge < -0.3 is 20.3 Å². The van der Waals surface area contributed by atoms with Crippen LogP contribution in [-0.2, 0) is 14.3 Å². The van der Waals surface area contributed by atoms with Gasteiger partial charge in [-0.15, -0.1) is 0 Å². The van der Waals surface area contributed by atoms with Gasteiger partial charge in [0.25, 0.3) is 0 Å². The minimum atomic E-state index is -0.783. The van der Waals surface area contributed by atoms with Crippen molar-refractivity contribution in [1.82, 2.24) is 5.32 Å². The molecule has 0 bridgehead atoms. The lowest BCUT2D eigenvalue weighted by atomic mass is 10.0. The van der Waals surface area contributed by atoms with E-state index in [2.05, 4.69) is 50.4 Å². The molecule has 0 aliphatic heterocycles. The summed E-state index contributed by atoms with van der Waals surface area (Å²) in [5.74, 6) is -0.463. The van der Waals surface area contributed by atoms with E-state index in [9.17, 15) is 19.8 Å². The van der Waals surface area contributed by atoms with Crippen molar-refractivity contribution in [2.24, 2.45) is 0 Å². The highest BCUT2D eigenvalue weighted by molar-refractivity contribution is 5.77. The van der Waals surface area contributed by atoms with E-state index in [1.807, 2.05) is 0 Å². The zero-order valence-electron chi connectivity index (χ0n) is 41.1. The molecule has 0 aliphatic rings. The minimum absolute atomic E-state index is 0.0816. The van der Waals surface area contributed by atoms with Crippen LogP contribution >= 0.6 is 0 Å². The van der Waals surface area contributed by atoms with Gasteiger partial charge in [0.1, 0.15) is 6.10 Å². The second kappa shape index (κ2) is 49.4. The number of carbonyl (C=O) groups excluding carboxylic acids is 2. The lowest BCUT2D eigenvalue weighted by molar-refractivity contribution is -0.151. The average Bonchev–Trinajstić information content (AvgIpc) is 3.25. The van der Waals surface area contributed by atoms with Gasteiger partial charge in [0, 0.05) is 6.42 Å². The van der Waals surface area contributed by atoms with Crippen LogP contribution in [-0.4, -0.2) is 46.9 Å². The summed E-state index contributed by atoms with van der Waals surface area (Å²) < 4.78 is 5.95. The van der Waals surface area contributed by atoms with Crippen LogP contribution in [0.5, 0.6) is 0 Å². The molecule has 3 N–H and O–H groups in total. The molecule has 0 saturated carbocycles. The van der Waals surface area contributed by atoms with Crippen LogP contribution in [0.1, 0.15) is 290 Å². The average molecular weight is 860 g/mol. The molecule has 0 rings (SSSR count). The van der Waals surface area contributed by atoms with E-state index >= 15 is 0 Å². The number of amides is 1. The third-order valence-corrected chi connectivity index (χ3v) is 12.5. The highest BCUT2D eigenvalue weighted by atomic mass is 16.5. The topological polar surface area (TPSA) is 95.9 Å². The Morgan fingerprint density at radius 1 is 0.475 bits per heavy atom. The SMILES string of the molecule is CCCCC/C=C\C/C=C\CCCCCCCCCCCC(=O)OC(CCCCCCCCCCCCCCC)CC(=O)NC(CO)C(O)CCCCCCCCCCCC. The van der Waals surface area contributed by atoms with Gasteiger partial charge in [-0.3, -0.25) is 9.59 Å². The molecule has 3 atom stereocenters. The summed E-state index contributed by atoms with van der Waals surface area (Å²) in [6, 6.07) is -0.696. The van der Waals surface area contributed by atoms with Crippen molar-refractivity contribution < 1.29 is 24.5 Å². The van der Waals surface area contributed by atoms with Gasteiger partial charge in [-0.25, -0.2) is 0 Å². The molecular weight excluding hydrogens is 755 g/mol. The number of unbranched alkanes of at least 4 members (excludes halogenated alkanes) is 33. The number of carbonyl (C=O) groups is 2. The molecule has 0 fully saturated rings. The Kier molecular flexibility index (Phi) is 48.0. The van der Waals surface area contributed by atoms with Gasteiger partial charge in [0.2, 0.25) is 5.91 Å². The number of ether oxygens (including phenoxy) is 1. The first-order valence-electron chi connectivity index (χ1n) is 27.1. The van der Waals surface area contributed by atoms with Crippen molar-refractivity contribution in [3.8, 4) is 0 Å². The second-order valence-corrected chi connectivity index (χ2v) is 18.6. The Bertz CT molecular complexity index is 966. The fraction of sp³-hybridized carbons (Fsp3) is 0.891. The zero-order chi connectivity index (χ0) is 44.5. The molecule has 0 spiro atoms.